The Morgan fingerprint density at radius 1 is 1.13 bits per heavy atom. The molecule has 1 amide bonds. The molecule has 31 heavy (non-hydrogen) atoms. The van der Waals surface area contributed by atoms with Crippen LogP contribution in [0.15, 0.2) is 54.7 Å². The molecule has 1 aliphatic rings. The third kappa shape index (κ3) is 4.40. The van der Waals surface area contributed by atoms with Crippen molar-refractivity contribution in [3.8, 4) is 11.1 Å². The number of ether oxygens (including phenoxy) is 1. The molecule has 0 aliphatic heterocycles. The number of alkyl carbamates (subject to hydrolysis) is 1. The first-order valence-electron chi connectivity index (χ1n) is 9.86. The Hall–Kier alpha value is -3.75. The molecule has 160 valence electrons. The molecular formula is C22H21FN4O4. The number of aliphatic carboxylic acids is 1. The standard InChI is InChI=1S/C22H21FN4O4/c23-9-10-27-12-14(25-26-27)11-20(21(28)29)24-22(30)31-13-19-17-7-3-1-5-15(17)16-6-2-4-8-18(16)19/h1-8,12,19-20H,9-11,13H2,(H,24,30)(H,28,29)/t20-/m0/s1. The van der Waals surface area contributed by atoms with E-state index in [-0.39, 0.29) is 25.5 Å². The van der Waals surface area contributed by atoms with Gasteiger partial charge >= 0.3 is 12.1 Å². The highest BCUT2D eigenvalue weighted by Crippen LogP contribution is 2.44. The number of hydrogen-bond donors (Lipinski definition) is 2. The van der Waals surface area contributed by atoms with E-state index in [1.807, 2.05) is 48.5 Å². The van der Waals surface area contributed by atoms with Crippen LogP contribution in [0.2, 0.25) is 0 Å². The van der Waals surface area contributed by atoms with E-state index in [0.717, 1.165) is 22.3 Å². The van der Waals surface area contributed by atoms with Crippen LogP contribution in [-0.4, -0.2) is 51.5 Å². The van der Waals surface area contributed by atoms with Gasteiger partial charge in [-0.05, 0) is 22.3 Å². The maximum absolute atomic E-state index is 12.4. The molecule has 1 heterocycles. The number of nitrogens with one attached hydrogen (secondary N) is 1. The van der Waals surface area contributed by atoms with Gasteiger partial charge < -0.3 is 15.2 Å². The summed E-state index contributed by atoms with van der Waals surface area (Å²) in [6, 6.07) is 14.6. The summed E-state index contributed by atoms with van der Waals surface area (Å²) in [6.07, 6.45) is 0.534. The van der Waals surface area contributed by atoms with E-state index in [0.29, 0.717) is 5.69 Å². The number of amides is 1. The molecule has 8 nitrogen and oxygen atoms in total. The smallest absolute Gasteiger partial charge is 0.407 e. The molecule has 0 saturated heterocycles. The van der Waals surface area contributed by atoms with E-state index in [1.54, 1.807) is 0 Å². The molecule has 1 aromatic heterocycles. The van der Waals surface area contributed by atoms with Gasteiger partial charge in [0.1, 0.15) is 19.3 Å². The summed E-state index contributed by atoms with van der Waals surface area (Å²) in [5, 5.41) is 19.3. The highest BCUT2D eigenvalue weighted by molar-refractivity contribution is 5.81. The van der Waals surface area contributed by atoms with Crippen LogP contribution in [0.4, 0.5) is 9.18 Å². The number of halogens is 1. The van der Waals surface area contributed by atoms with Gasteiger partial charge in [-0.1, -0.05) is 53.7 Å². The number of carboxylic acid groups (broad SMARTS) is 1. The minimum absolute atomic E-state index is 0.0323. The van der Waals surface area contributed by atoms with E-state index in [1.165, 1.54) is 10.9 Å². The number of aryl methyl sites for hydroxylation is 1. The van der Waals surface area contributed by atoms with Gasteiger partial charge in [-0.15, -0.1) is 5.10 Å². The average molecular weight is 424 g/mol. The highest BCUT2D eigenvalue weighted by atomic mass is 19.1. The Balaban J connectivity index is 1.40. The van der Waals surface area contributed by atoms with Gasteiger partial charge in [-0.3, -0.25) is 0 Å². The lowest BCUT2D eigenvalue weighted by molar-refractivity contribution is -0.139. The second-order valence-electron chi connectivity index (χ2n) is 7.23. The molecule has 0 fully saturated rings. The second-order valence-corrected chi connectivity index (χ2v) is 7.23. The first-order valence-corrected chi connectivity index (χ1v) is 9.86. The van der Waals surface area contributed by atoms with Crippen LogP contribution in [0.3, 0.4) is 0 Å². The maximum atomic E-state index is 12.4. The number of fused-ring (bicyclic) bond motifs is 3. The van der Waals surface area contributed by atoms with Crippen molar-refractivity contribution in [3.63, 3.8) is 0 Å². The van der Waals surface area contributed by atoms with Crippen LogP contribution in [0.1, 0.15) is 22.7 Å². The minimum Gasteiger partial charge on any atom is -0.480 e. The lowest BCUT2D eigenvalue weighted by Gasteiger charge is -2.17. The van der Waals surface area contributed by atoms with Crippen LogP contribution in [-0.2, 0) is 22.5 Å². The summed E-state index contributed by atoms with van der Waals surface area (Å²) in [4.78, 5) is 23.9. The summed E-state index contributed by atoms with van der Waals surface area (Å²) in [5.41, 5.74) is 4.67. The van der Waals surface area contributed by atoms with Crippen molar-refractivity contribution >= 4 is 12.1 Å². The fourth-order valence-electron chi connectivity index (χ4n) is 3.82. The molecule has 9 heteroatoms. The monoisotopic (exact) mass is 424 g/mol. The Kier molecular flexibility index (Phi) is 5.92. The lowest BCUT2D eigenvalue weighted by Crippen LogP contribution is -2.43. The van der Waals surface area contributed by atoms with Crippen LogP contribution >= 0.6 is 0 Å². The van der Waals surface area contributed by atoms with Gasteiger partial charge in [-0.2, -0.15) is 0 Å². The lowest BCUT2D eigenvalue weighted by atomic mass is 9.98. The zero-order valence-corrected chi connectivity index (χ0v) is 16.6. The van der Waals surface area contributed by atoms with Crippen LogP contribution in [0.25, 0.3) is 11.1 Å². The SMILES string of the molecule is O=C(N[C@@H](Cc1cn(CCF)nn1)C(=O)O)OCC1c2ccccc2-c2ccccc21. The summed E-state index contributed by atoms with van der Waals surface area (Å²) in [5.74, 6) is -1.35. The molecule has 0 spiro atoms. The number of hydrogen-bond acceptors (Lipinski definition) is 5. The number of benzene rings is 2. The van der Waals surface area contributed by atoms with Gasteiger partial charge in [0, 0.05) is 18.5 Å². The van der Waals surface area contributed by atoms with Crippen molar-refractivity contribution < 1.29 is 23.8 Å². The van der Waals surface area contributed by atoms with Crippen molar-refractivity contribution in [2.24, 2.45) is 0 Å². The van der Waals surface area contributed by atoms with Gasteiger partial charge in [-0.25, -0.2) is 18.7 Å². The number of aromatic nitrogens is 3. The summed E-state index contributed by atoms with van der Waals surface area (Å²) >= 11 is 0. The molecule has 1 aliphatic carbocycles. The van der Waals surface area contributed by atoms with Crippen LogP contribution in [0, 0.1) is 0 Å². The third-order valence-corrected chi connectivity index (χ3v) is 5.25. The molecule has 0 unspecified atom stereocenters. The van der Waals surface area contributed by atoms with Crippen molar-refractivity contribution in [2.45, 2.75) is 24.9 Å². The fourth-order valence-corrected chi connectivity index (χ4v) is 3.82. The van der Waals surface area contributed by atoms with Crippen LogP contribution in [0.5, 0.6) is 0 Å². The van der Waals surface area contributed by atoms with E-state index in [4.69, 9.17) is 4.74 Å². The summed E-state index contributed by atoms with van der Waals surface area (Å²) in [6.45, 7) is -0.493. The first kappa shape index (κ1) is 20.5. The second kappa shape index (κ2) is 8.95. The Morgan fingerprint density at radius 3 is 2.39 bits per heavy atom. The first-order chi connectivity index (χ1) is 15.1. The fraction of sp³-hybridized carbons (Fsp3) is 0.273. The molecule has 4 rings (SSSR count). The number of rotatable bonds is 8. The van der Waals surface area contributed by atoms with Crippen molar-refractivity contribution in [2.75, 3.05) is 13.3 Å². The van der Waals surface area contributed by atoms with E-state index < -0.39 is 24.8 Å². The van der Waals surface area contributed by atoms with Crippen molar-refractivity contribution in [3.05, 3.63) is 71.5 Å². The highest BCUT2D eigenvalue weighted by Gasteiger charge is 2.30. The maximum Gasteiger partial charge on any atom is 0.407 e. The number of carbonyl (C=O) groups is 2. The predicted octanol–water partition coefficient (Wildman–Crippen LogP) is 2.78. The summed E-state index contributed by atoms with van der Waals surface area (Å²) < 4.78 is 19.1. The molecule has 1 atom stereocenters. The zero-order chi connectivity index (χ0) is 21.8. The normalized spacial score (nSPS) is 13.3. The number of nitrogens with zero attached hydrogens (tertiary/aromatic N) is 3. The van der Waals surface area contributed by atoms with E-state index in [2.05, 4.69) is 15.6 Å². The Bertz CT molecular complexity index is 1050. The molecule has 0 radical (unpaired) electrons. The Morgan fingerprint density at radius 2 is 1.77 bits per heavy atom. The zero-order valence-electron chi connectivity index (χ0n) is 16.6. The largest absolute Gasteiger partial charge is 0.480 e. The predicted molar refractivity (Wildman–Crippen MR) is 109 cm³/mol. The Labute approximate surface area is 177 Å². The summed E-state index contributed by atoms with van der Waals surface area (Å²) in [7, 11) is 0. The third-order valence-electron chi connectivity index (χ3n) is 5.25. The number of carboxylic acids is 1. The van der Waals surface area contributed by atoms with Crippen molar-refractivity contribution in [1.82, 2.24) is 20.3 Å². The topological polar surface area (TPSA) is 106 Å². The van der Waals surface area contributed by atoms with E-state index in [9.17, 15) is 19.1 Å². The van der Waals surface area contributed by atoms with Gasteiger partial charge in [0.2, 0.25) is 0 Å². The number of alkyl halides is 1. The quantitative estimate of drug-likeness (QED) is 0.576. The van der Waals surface area contributed by atoms with Gasteiger partial charge in [0.25, 0.3) is 0 Å². The molecule has 3 aromatic rings. The average Bonchev–Trinajstić information content (AvgIpc) is 3.34. The molecule has 2 aromatic carbocycles. The molecule has 2 N–H and O–H groups in total. The van der Waals surface area contributed by atoms with Gasteiger partial charge in [0.05, 0.1) is 12.2 Å². The minimum atomic E-state index is -1.24. The van der Waals surface area contributed by atoms with Crippen LogP contribution < -0.4 is 5.32 Å². The van der Waals surface area contributed by atoms with Gasteiger partial charge in [0.15, 0.2) is 0 Å². The molecular weight excluding hydrogens is 403 g/mol. The molecule has 0 bridgehead atoms. The molecule has 0 saturated carbocycles. The number of carbonyl (C=O) groups excluding carboxylic acids is 1. The van der Waals surface area contributed by atoms with Crippen molar-refractivity contribution in [1.29, 1.82) is 0 Å². The van der Waals surface area contributed by atoms with E-state index >= 15 is 0 Å².